The number of pyridine rings is 1. The van der Waals surface area contributed by atoms with E-state index in [-0.39, 0.29) is 12.2 Å². The number of likely N-dealkylation sites (N-methyl/N-ethyl adjacent to an activating group) is 1. The number of amides is 1. The van der Waals surface area contributed by atoms with Crippen LogP contribution in [0.1, 0.15) is 10.5 Å². The molecule has 1 amide bonds. The number of fused-ring (bicyclic) bond motifs is 1. The fourth-order valence-electron chi connectivity index (χ4n) is 1.68. The van der Waals surface area contributed by atoms with Crippen LogP contribution >= 0.6 is 11.6 Å². The average Bonchev–Trinajstić information content (AvgIpc) is 2.36. The van der Waals surface area contributed by atoms with Gasteiger partial charge in [0.1, 0.15) is 12.2 Å². The summed E-state index contributed by atoms with van der Waals surface area (Å²) in [6.45, 7) is -0.367. The Morgan fingerprint density at radius 3 is 2.68 bits per heavy atom. The van der Waals surface area contributed by atoms with Crippen molar-refractivity contribution in [3.8, 4) is 0 Å². The molecule has 0 fully saturated rings. The minimum Gasteiger partial charge on any atom is -0.480 e. The average molecular weight is 279 g/mol. The van der Waals surface area contributed by atoms with Gasteiger partial charge in [-0.15, -0.1) is 0 Å². The van der Waals surface area contributed by atoms with E-state index in [1.54, 1.807) is 30.3 Å². The third kappa shape index (κ3) is 3.00. The Labute approximate surface area is 114 Å². The van der Waals surface area contributed by atoms with E-state index >= 15 is 0 Å². The number of aromatic nitrogens is 1. The Morgan fingerprint density at radius 2 is 2.00 bits per heavy atom. The number of hydrogen-bond donors (Lipinski definition) is 1. The molecule has 19 heavy (non-hydrogen) atoms. The van der Waals surface area contributed by atoms with Crippen LogP contribution in [0.4, 0.5) is 0 Å². The summed E-state index contributed by atoms with van der Waals surface area (Å²) in [5, 5.41) is 10.0. The van der Waals surface area contributed by atoms with Gasteiger partial charge in [-0.05, 0) is 18.2 Å². The number of carboxylic acid groups (broad SMARTS) is 1. The van der Waals surface area contributed by atoms with Crippen LogP contribution < -0.4 is 0 Å². The van der Waals surface area contributed by atoms with E-state index in [2.05, 4.69) is 4.98 Å². The van der Waals surface area contributed by atoms with Gasteiger partial charge in [0.2, 0.25) is 0 Å². The number of carbonyl (C=O) groups is 2. The Balaban J connectivity index is 2.34. The summed E-state index contributed by atoms with van der Waals surface area (Å²) in [7, 11) is 1.42. The second-order valence-corrected chi connectivity index (χ2v) is 4.52. The third-order valence-corrected chi connectivity index (χ3v) is 2.83. The van der Waals surface area contributed by atoms with Crippen molar-refractivity contribution in [3.05, 3.63) is 41.0 Å². The van der Waals surface area contributed by atoms with Crippen LogP contribution in [0, 0.1) is 0 Å². The fraction of sp³-hybridized carbons (Fsp3) is 0.154. The highest BCUT2D eigenvalue weighted by atomic mass is 35.5. The van der Waals surface area contributed by atoms with Gasteiger partial charge in [-0.25, -0.2) is 4.98 Å². The van der Waals surface area contributed by atoms with E-state index in [0.717, 1.165) is 10.3 Å². The first kappa shape index (κ1) is 13.3. The molecule has 0 saturated carbocycles. The van der Waals surface area contributed by atoms with Crippen LogP contribution in [0.5, 0.6) is 0 Å². The summed E-state index contributed by atoms with van der Waals surface area (Å²) < 4.78 is 0. The number of benzene rings is 1. The number of halogens is 1. The molecule has 0 spiro atoms. The first-order chi connectivity index (χ1) is 8.97. The number of nitrogens with zero attached hydrogens (tertiary/aromatic N) is 2. The first-order valence-corrected chi connectivity index (χ1v) is 5.89. The Bertz CT molecular complexity index is 657. The predicted octanol–water partition coefficient (Wildman–Crippen LogP) is 2.04. The summed E-state index contributed by atoms with van der Waals surface area (Å²) in [4.78, 5) is 27.8. The molecule has 98 valence electrons. The maximum atomic E-state index is 12.0. The molecule has 6 heteroatoms. The van der Waals surface area contributed by atoms with Crippen molar-refractivity contribution in [3.63, 3.8) is 0 Å². The molecule has 0 saturated heterocycles. The molecule has 0 aliphatic heterocycles. The molecule has 0 radical (unpaired) electrons. The lowest BCUT2D eigenvalue weighted by Gasteiger charge is -2.14. The van der Waals surface area contributed by atoms with Gasteiger partial charge in [0.05, 0.1) is 5.52 Å². The highest BCUT2D eigenvalue weighted by Gasteiger charge is 2.15. The zero-order chi connectivity index (χ0) is 14.0. The van der Waals surface area contributed by atoms with Crippen molar-refractivity contribution in [2.24, 2.45) is 0 Å². The SMILES string of the molecule is CN(CC(=O)O)C(=O)c1ccc2ccc(Cl)cc2n1. The largest absolute Gasteiger partial charge is 0.480 e. The molecule has 0 aliphatic rings. The lowest BCUT2D eigenvalue weighted by Crippen LogP contribution is -2.32. The van der Waals surface area contributed by atoms with Gasteiger partial charge in [0, 0.05) is 17.5 Å². The normalized spacial score (nSPS) is 10.4. The van der Waals surface area contributed by atoms with Gasteiger partial charge < -0.3 is 10.0 Å². The second kappa shape index (κ2) is 5.24. The monoisotopic (exact) mass is 278 g/mol. The van der Waals surface area contributed by atoms with Crippen LogP contribution in [0.25, 0.3) is 10.9 Å². The van der Waals surface area contributed by atoms with Crippen LogP contribution in [0.15, 0.2) is 30.3 Å². The minimum absolute atomic E-state index is 0.193. The van der Waals surface area contributed by atoms with Crippen LogP contribution in [0.3, 0.4) is 0 Å². The van der Waals surface area contributed by atoms with Gasteiger partial charge >= 0.3 is 5.97 Å². The van der Waals surface area contributed by atoms with Gasteiger partial charge in [0.15, 0.2) is 0 Å². The summed E-state index contributed by atoms with van der Waals surface area (Å²) in [5.41, 5.74) is 0.792. The smallest absolute Gasteiger partial charge is 0.323 e. The van der Waals surface area contributed by atoms with E-state index in [0.29, 0.717) is 10.5 Å². The molecule has 2 rings (SSSR count). The second-order valence-electron chi connectivity index (χ2n) is 4.09. The molecule has 1 aromatic carbocycles. The number of aliphatic carboxylic acids is 1. The van der Waals surface area contributed by atoms with Crippen molar-refractivity contribution in [1.29, 1.82) is 0 Å². The molecule has 1 heterocycles. The lowest BCUT2D eigenvalue weighted by molar-refractivity contribution is -0.137. The number of rotatable bonds is 3. The first-order valence-electron chi connectivity index (χ1n) is 5.51. The van der Waals surface area contributed by atoms with Crippen LogP contribution in [-0.2, 0) is 4.79 Å². The number of carbonyl (C=O) groups excluding carboxylic acids is 1. The molecule has 2 aromatic rings. The zero-order valence-corrected chi connectivity index (χ0v) is 10.9. The van der Waals surface area contributed by atoms with E-state index in [4.69, 9.17) is 16.7 Å². The lowest BCUT2D eigenvalue weighted by atomic mass is 10.2. The van der Waals surface area contributed by atoms with Crippen molar-refractivity contribution < 1.29 is 14.7 Å². The van der Waals surface area contributed by atoms with Crippen LogP contribution in [0.2, 0.25) is 5.02 Å². The Hall–Kier alpha value is -2.14. The summed E-state index contributed by atoms with van der Waals surface area (Å²) in [6.07, 6.45) is 0. The number of carboxylic acids is 1. The fourth-order valence-corrected chi connectivity index (χ4v) is 1.85. The zero-order valence-electron chi connectivity index (χ0n) is 10.1. The molecular weight excluding hydrogens is 268 g/mol. The summed E-state index contributed by atoms with van der Waals surface area (Å²) >= 11 is 5.87. The van der Waals surface area contributed by atoms with Gasteiger partial charge in [-0.2, -0.15) is 0 Å². The predicted molar refractivity (Wildman–Crippen MR) is 71.3 cm³/mol. The molecule has 0 unspecified atom stereocenters. The van der Waals surface area contributed by atoms with Crippen molar-refractivity contribution in [1.82, 2.24) is 9.88 Å². The quantitative estimate of drug-likeness (QED) is 0.933. The molecule has 1 N–H and O–H groups in total. The van der Waals surface area contributed by atoms with Gasteiger partial charge in [-0.3, -0.25) is 9.59 Å². The summed E-state index contributed by atoms with van der Waals surface area (Å²) in [5.74, 6) is -1.51. The molecule has 0 bridgehead atoms. The van der Waals surface area contributed by atoms with E-state index in [1.807, 2.05) is 0 Å². The topological polar surface area (TPSA) is 70.5 Å². The molecule has 0 aliphatic carbocycles. The Kier molecular flexibility index (Phi) is 3.66. The van der Waals surface area contributed by atoms with Gasteiger partial charge in [-0.1, -0.05) is 23.7 Å². The van der Waals surface area contributed by atoms with Crippen molar-refractivity contribution in [2.75, 3.05) is 13.6 Å². The van der Waals surface area contributed by atoms with Gasteiger partial charge in [0.25, 0.3) is 5.91 Å². The van der Waals surface area contributed by atoms with Crippen molar-refractivity contribution >= 4 is 34.4 Å². The van der Waals surface area contributed by atoms with E-state index < -0.39 is 11.9 Å². The maximum absolute atomic E-state index is 12.0. The van der Waals surface area contributed by atoms with Crippen molar-refractivity contribution in [2.45, 2.75) is 0 Å². The molecule has 0 atom stereocenters. The summed E-state index contributed by atoms with van der Waals surface area (Å²) in [6, 6.07) is 8.52. The third-order valence-electron chi connectivity index (χ3n) is 2.59. The highest BCUT2D eigenvalue weighted by molar-refractivity contribution is 6.31. The Morgan fingerprint density at radius 1 is 1.32 bits per heavy atom. The highest BCUT2D eigenvalue weighted by Crippen LogP contribution is 2.18. The standard InChI is InChI=1S/C13H11ClN2O3/c1-16(7-12(17)18)13(19)10-5-3-8-2-4-9(14)6-11(8)15-10/h2-6H,7H2,1H3,(H,17,18). The minimum atomic E-state index is -1.07. The molecule has 5 nitrogen and oxygen atoms in total. The molecule has 1 aromatic heterocycles. The number of hydrogen-bond acceptors (Lipinski definition) is 3. The van der Waals surface area contributed by atoms with Crippen LogP contribution in [-0.4, -0.2) is 40.5 Å². The molecular formula is C13H11ClN2O3. The van der Waals surface area contributed by atoms with E-state index in [9.17, 15) is 9.59 Å². The maximum Gasteiger partial charge on any atom is 0.323 e. The van der Waals surface area contributed by atoms with E-state index in [1.165, 1.54) is 7.05 Å².